The number of nitrogens with zero attached hydrogens (tertiary/aromatic N) is 1. The Kier molecular flexibility index (Phi) is 4.14. The normalized spacial score (nSPS) is 15.6. The lowest BCUT2D eigenvalue weighted by Crippen LogP contribution is -2.41. The molecular weight excluding hydrogens is 176 g/mol. The molecule has 0 unspecified atom stereocenters. The standard InChI is InChI=1S/C11H20N2O/c1-4-7-13(10-5-6-10)11(14)8-12-9(2)3/h4,9-10,12H,1,5-8H2,2-3H3. The first-order chi connectivity index (χ1) is 6.65. The summed E-state index contributed by atoms with van der Waals surface area (Å²) in [6.45, 7) is 8.89. The van der Waals surface area contributed by atoms with Crippen molar-refractivity contribution in [2.75, 3.05) is 13.1 Å². The van der Waals surface area contributed by atoms with Crippen LogP contribution in [0.3, 0.4) is 0 Å². The van der Waals surface area contributed by atoms with Crippen molar-refractivity contribution in [3.63, 3.8) is 0 Å². The summed E-state index contributed by atoms with van der Waals surface area (Å²) in [5.41, 5.74) is 0. The minimum Gasteiger partial charge on any atom is -0.335 e. The van der Waals surface area contributed by atoms with E-state index in [1.807, 2.05) is 18.7 Å². The molecule has 1 N–H and O–H groups in total. The SMILES string of the molecule is C=CCN(C(=O)CNC(C)C)C1CC1. The first kappa shape index (κ1) is 11.2. The lowest BCUT2D eigenvalue weighted by atomic mass is 10.3. The second-order valence-electron chi connectivity index (χ2n) is 4.10. The molecule has 0 spiro atoms. The van der Waals surface area contributed by atoms with Crippen molar-refractivity contribution in [1.29, 1.82) is 0 Å². The fourth-order valence-corrected chi connectivity index (χ4v) is 1.37. The average molecular weight is 196 g/mol. The topological polar surface area (TPSA) is 32.3 Å². The molecule has 0 aromatic heterocycles. The molecule has 0 saturated heterocycles. The summed E-state index contributed by atoms with van der Waals surface area (Å²) in [6.07, 6.45) is 4.11. The van der Waals surface area contributed by atoms with E-state index in [9.17, 15) is 4.79 Å². The first-order valence-corrected chi connectivity index (χ1v) is 5.29. The highest BCUT2D eigenvalue weighted by molar-refractivity contribution is 5.79. The number of hydrogen-bond donors (Lipinski definition) is 1. The van der Waals surface area contributed by atoms with Gasteiger partial charge in [-0.15, -0.1) is 6.58 Å². The minimum atomic E-state index is 0.195. The highest BCUT2D eigenvalue weighted by Gasteiger charge is 2.31. The average Bonchev–Trinajstić information content (AvgIpc) is 2.93. The number of amides is 1. The van der Waals surface area contributed by atoms with E-state index in [0.717, 1.165) is 12.8 Å². The van der Waals surface area contributed by atoms with Gasteiger partial charge in [0.15, 0.2) is 0 Å². The zero-order valence-corrected chi connectivity index (χ0v) is 9.12. The van der Waals surface area contributed by atoms with Gasteiger partial charge in [0.25, 0.3) is 0 Å². The Morgan fingerprint density at radius 1 is 1.64 bits per heavy atom. The van der Waals surface area contributed by atoms with Crippen LogP contribution in [0.2, 0.25) is 0 Å². The van der Waals surface area contributed by atoms with Crippen LogP contribution >= 0.6 is 0 Å². The molecule has 0 atom stereocenters. The van der Waals surface area contributed by atoms with Crippen LogP contribution in [0.25, 0.3) is 0 Å². The van der Waals surface area contributed by atoms with Gasteiger partial charge >= 0.3 is 0 Å². The molecule has 14 heavy (non-hydrogen) atoms. The maximum Gasteiger partial charge on any atom is 0.237 e. The quantitative estimate of drug-likeness (QED) is 0.647. The Labute approximate surface area is 86.2 Å². The van der Waals surface area contributed by atoms with Gasteiger partial charge in [-0.25, -0.2) is 0 Å². The molecule has 0 heterocycles. The molecular formula is C11H20N2O. The molecule has 0 aliphatic heterocycles. The van der Waals surface area contributed by atoms with Crippen LogP contribution in [0, 0.1) is 0 Å². The van der Waals surface area contributed by atoms with Gasteiger partial charge in [-0.1, -0.05) is 19.9 Å². The Hall–Kier alpha value is -0.830. The van der Waals surface area contributed by atoms with Crippen LogP contribution in [0.15, 0.2) is 12.7 Å². The second kappa shape index (κ2) is 5.15. The van der Waals surface area contributed by atoms with Gasteiger partial charge in [-0.05, 0) is 12.8 Å². The summed E-state index contributed by atoms with van der Waals surface area (Å²) in [7, 11) is 0. The van der Waals surface area contributed by atoms with Crippen molar-refractivity contribution in [2.45, 2.75) is 38.8 Å². The monoisotopic (exact) mass is 196 g/mol. The fraction of sp³-hybridized carbons (Fsp3) is 0.727. The molecule has 3 nitrogen and oxygen atoms in total. The summed E-state index contributed by atoms with van der Waals surface area (Å²) in [6, 6.07) is 0.846. The zero-order valence-electron chi connectivity index (χ0n) is 9.12. The van der Waals surface area contributed by atoms with Crippen molar-refractivity contribution in [2.24, 2.45) is 0 Å². The van der Waals surface area contributed by atoms with E-state index in [0.29, 0.717) is 25.2 Å². The number of hydrogen-bond acceptors (Lipinski definition) is 2. The molecule has 1 saturated carbocycles. The first-order valence-electron chi connectivity index (χ1n) is 5.29. The maximum absolute atomic E-state index is 11.7. The number of carbonyl (C=O) groups excluding carboxylic acids is 1. The molecule has 80 valence electrons. The van der Waals surface area contributed by atoms with Gasteiger partial charge in [0.05, 0.1) is 6.54 Å². The maximum atomic E-state index is 11.7. The van der Waals surface area contributed by atoms with Crippen LogP contribution in [0.5, 0.6) is 0 Å². The van der Waals surface area contributed by atoms with Crippen molar-refractivity contribution in [3.05, 3.63) is 12.7 Å². The lowest BCUT2D eigenvalue weighted by molar-refractivity contribution is -0.130. The molecule has 0 aromatic rings. The number of rotatable bonds is 6. The van der Waals surface area contributed by atoms with Crippen molar-refractivity contribution >= 4 is 5.91 Å². The smallest absolute Gasteiger partial charge is 0.237 e. The largest absolute Gasteiger partial charge is 0.335 e. The summed E-state index contributed by atoms with van der Waals surface area (Å²) in [5, 5.41) is 3.14. The molecule has 1 aliphatic carbocycles. The molecule has 1 amide bonds. The Morgan fingerprint density at radius 2 is 2.29 bits per heavy atom. The summed E-state index contributed by atoms with van der Waals surface area (Å²) < 4.78 is 0. The summed E-state index contributed by atoms with van der Waals surface area (Å²) >= 11 is 0. The zero-order chi connectivity index (χ0) is 10.6. The predicted molar refractivity (Wildman–Crippen MR) is 58.1 cm³/mol. The van der Waals surface area contributed by atoms with Gasteiger partial charge in [0, 0.05) is 18.6 Å². The van der Waals surface area contributed by atoms with E-state index < -0.39 is 0 Å². The third kappa shape index (κ3) is 3.50. The number of carbonyl (C=O) groups is 1. The fourth-order valence-electron chi connectivity index (χ4n) is 1.37. The van der Waals surface area contributed by atoms with E-state index in [1.54, 1.807) is 6.08 Å². The molecule has 0 bridgehead atoms. The highest BCUT2D eigenvalue weighted by Crippen LogP contribution is 2.26. The summed E-state index contributed by atoms with van der Waals surface area (Å²) in [5.74, 6) is 0.195. The van der Waals surface area contributed by atoms with E-state index in [4.69, 9.17) is 0 Å². The number of nitrogens with one attached hydrogen (secondary N) is 1. The van der Waals surface area contributed by atoms with E-state index in [2.05, 4.69) is 11.9 Å². The Balaban J connectivity index is 2.34. The molecule has 1 rings (SSSR count). The minimum absolute atomic E-state index is 0.195. The van der Waals surface area contributed by atoms with Crippen molar-refractivity contribution in [3.8, 4) is 0 Å². The van der Waals surface area contributed by atoms with E-state index >= 15 is 0 Å². The predicted octanol–water partition coefficient (Wildman–Crippen LogP) is 1.16. The highest BCUT2D eigenvalue weighted by atomic mass is 16.2. The second-order valence-corrected chi connectivity index (χ2v) is 4.10. The van der Waals surface area contributed by atoms with Crippen LogP contribution in [-0.2, 0) is 4.79 Å². The molecule has 0 radical (unpaired) electrons. The van der Waals surface area contributed by atoms with E-state index in [-0.39, 0.29) is 5.91 Å². The third-order valence-electron chi connectivity index (χ3n) is 2.30. The molecule has 3 heteroatoms. The van der Waals surface area contributed by atoms with Crippen LogP contribution in [0.1, 0.15) is 26.7 Å². The van der Waals surface area contributed by atoms with Crippen LogP contribution < -0.4 is 5.32 Å². The Bertz CT molecular complexity index is 209. The molecule has 1 aliphatic rings. The van der Waals surface area contributed by atoms with Gasteiger partial charge in [0.1, 0.15) is 0 Å². The van der Waals surface area contributed by atoms with Gasteiger partial charge < -0.3 is 10.2 Å². The molecule has 0 aromatic carbocycles. The van der Waals surface area contributed by atoms with Crippen molar-refractivity contribution < 1.29 is 4.79 Å². The lowest BCUT2D eigenvalue weighted by Gasteiger charge is -2.21. The van der Waals surface area contributed by atoms with Crippen LogP contribution in [0.4, 0.5) is 0 Å². The molecule has 1 fully saturated rings. The third-order valence-corrected chi connectivity index (χ3v) is 2.30. The van der Waals surface area contributed by atoms with Gasteiger partial charge in [0.2, 0.25) is 5.91 Å². The Morgan fingerprint density at radius 3 is 2.71 bits per heavy atom. The van der Waals surface area contributed by atoms with E-state index in [1.165, 1.54) is 0 Å². The summed E-state index contributed by atoms with van der Waals surface area (Å²) in [4.78, 5) is 13.7. The van der Waals surface area contributed by atoms with Gasteiger partial charge in [-0.2, -0.15) is 0 Å². The van der Waals surface area contributed by atoms with Crippen LogP contribution in [-0.4, -0.2) is 36.0 Å². The van der Waals surface area contributed by atoms with Crippen molar-refractivity contribution in [1.82, 2.24) is 10.2 Å². The van der Waals surface area contributed by atoms with Gasteiger partial charge in [-0.3, -0.25) is 4.79 Å².